The topological polar surface area (TPSA) is 57.2 Å². The van der Waals surface area contributed by atoms with E-state index in [1.54, 1.807) is 0 Å². The zero-order valence-electron chi connectivity index (χ0n) is 10.4. The van der Waals surface area contributed by atoms with Gasteiger partial charge in [0, 0.05) is 17.7 Å². The molecule has 18 heavy (non-hydrogen) atoms. The molecule has 2 heterocycles. The van der Waals surface area contributed by atoms with Crippen LogP contribution in [0.5, 0.6) is 0 Å². The van der Waals surface area contributed by atoms with E-state index in [0.717, 1.165) is 26.1 Å². The first kappa shape index (κ1) is 10.6. The van der Waals surface area contributed by atoms with Crippen LogP contribution in [0.4, 0.5) is 5.69 Å². The second-order valence-corrected chi connectivity index (χ2v) is 6.27. The minimum absolute atomic E-state index is 0.0144. The molecule has 1 aliphatic heterocycles. The van der Waals surface area contributed by atoms with Gasteiger partial charge in [0.15, 0.2) is 0 Å². The molecule has 0 bridgehead atoms. The molecule has 1 aromatic heterocycles. The van der Waals surface area contributed by atoms with Crippen molar-refractivity contribution in [1.29, 1.82) is 0 Å². The maximum absolute atomic E-state index is 12.1. The Balaban J connectivity index is 1.65. The van der Waals surface area contributed by atoms with Crippen LogP contribution in [0.1, 0.15) is 43.2 Å². The molecular formula is C14H18N2O2. The van der Waals surface area contributed by atoms with Crippen LogP contribution in [-0.2, 0) is 4.74 Å². The highest BCUT2D eigenvalue weighted by Gasteiger charge is 2.50. The summed E-state index contributed by atoms with van der Waals surface area (Å²) in [5.74, 6) is 0.639. The SMILES string of the molecule is Nc1cc(C2CC2)cn(C2CC3(COC3)C2)c1=O. The highest BCUT2D eigenvalue weighted by molar-refractivity contribution is 5.40. The van der Waals surface area contributed by atoms with E-state index in [4.69, 9.17) is 10.5 Å². The molecule has 1 saturated heterocycles. The standard InChI is InChI=1S/C14H18N2O2/c15-12-3-10(9-1-2-9)6-16(13(12)17)11-4-14(5-11)7-18-8-14/h3,6,9,11H,1-2,4-5,7-8,15H2. The second-order valence-electron chi connectivity index (χ2n) is 6.27. The van der Waals surface area contributed by atoms with Crippen LogP contribution in [0.25, 0.3) is 0 Å². The molecule has 0 atom stereocenters. The summed E-state index contributed by atoms with van der Waals surface area (Å²) in [6, 6.07) is 2.21. The molecule has 0 amide bonds. The van der Waals surface area contributed by atoms with E-state index in [0.29, 0.717) is 23.1 Å². The lowest BCUT2D eigenvalue weighted by Gasteiger charge is -2.53. The van der Waals surface area contributed by atoms with E-state index < -0.39 is 0 Å². The Hall–Kier alpha value is -1.29. The fraction of sp³-hybridized carbons (Fsp3) is 0.643. The van der Waals surface area contributed by atoms with Crippen molar-refractivity contribution in [3.05, 3.63) is 28.2 Å². The van der Waals surface area contributed by atoms with E-state index in [1.165, 1.54) is 18.4 Å². The summed E-state index contributed by atoms with van der Waals surface area (Å²) in [5, 5.41) is 0. The van der Waals surface area contributed by atoms with Crippen molar-refractivity contribution in [2.45, 2.75) is 37.6 Å². The lowest BCUT2D eigenvalue weighted by molar-refractivity contribution is -0.174. The van der Waals surface area contributed by atoms with Crippen LogP contribution >= 0.6 is 0 Å². The first-order chi connectivity index (χ1) is 8.67. The van der Waals surface area contributed by atoms with Gasteiger partial charge in [0.25, 0.3) is 5.56 Å². The number of ether oxygens (including phenoxy) is 1. The van der Waals surface area contributed by atoms with Crippen LogP contribution in [0.2, 0.25) is 0 Å². The van der Waals surface area contributed by atoms with Crippen molar-refractivity contribution >= 4 is 5.69 Å². The molecule has 3 aliphatic rings. The van der Waals surface area contributed by atoms with Gasteiger partial charge in [-0.15, -0.1) is 0 Å². The molecule has 96 valence electrons. The molecule has 4 rings (SSSR count). The third-order valence-corrected chi connectivity index (χ3v) is 4.69. The average molecular weight is 246 g/mol. The van der Waals surface area contributed by atoms with Crippen LogP contribution < -0.4 is 11.3 Å². The van der Waals surface area contributed by atoms with E-state index >= 15 is 0 Å². The molecular weight excluding hydrogens is 228 g/mol. The minimum Gasteiger partial charge on any atom is -0.394 e. The number of hydrogen-bond donors (Lipinski definition) is 1. The van der Waals surface area contributed by atoms with Crippen molar-refractivity contribution in [2.24, 2.45) is 5.41 Å². The number of nitrogen functional groups attached to an aromatic ring is 1. The fourth-order valence-electron chi connectivity index (χ4n) is 3.32. The normalized spacial score (nSPS) is 25.8. The number of nitrogens with zero attached hydrogens (tertiary/aromatic N) is 1. The summed E-state index contributed by atoms with van der Waals surface area (Å²) >= 11 is 0. The maximum Gasteiger partial charge on any atom is 0.273 e. The lowest BCUT2D eigenvalue weighted by atomic mass is 9.64. The highest BCUT2D eigenvalue weighted by Crippen LogP contribution is 2.53. The zero-order chi connectivity index (χ0) is 12.3. The Kier molecular flexibility index (Phi) is 1.99. The smallest absolute Gasteiger partial charge is 0.273 e. The molecule has 4 heteroatoms. The number of hydrogen-bond acceptors (Lipinski definition) is 3. The largest absolute Gasteiger partial charge is 0.394 e. The van der Waals surface area contributed by atoms with E-state index in [-0.39, 0.29) is 5.56 Å². The third-order valence-electron chi connectivity index (χ3n) is 4.69. The molecule has 2 N–H and O–H groups in total. The summed E-state index contributed by atoms with van der Waals surface area (Å²) in [6.07, 6.45) is 6.66. The van der Waals surface area contributed by atoms with Crippen LogP contribution in [0.3, 0.4) is 0 Å². The zero-order valence-corrected chi connectivity index (χ0v) is 10.4. The first-order valence-electron chi connectivity index (χ1n) is 6.76. The van der Waals surface area contributed by atoms with Gasteiger partial charge in [-0.05, 0) is 43.2 Å². The molecule has 0 radical (unpaired) electrons. The van der Waals surface area contributed by atoms with E-state index in [1.807, 2.05) is 16.8 Å². The van der Waals surface area contributed by atoms with Gasteiger partial charge in [0.1, 0.15) is 0 Å². The number of anilines is 1. The quantitative estimate of drug-likeness (QED) is 0.863. The highest BCUT2D eigenvalue weighted by atomic mass is 16.5. The molecule has 3 fully saturated rings. The second kappa shape index (κ2) is 3.38. The van der Waals surface area contributed by atoms with Gasteiger partial charge in [-0.2, -0.15) is 0 Å². The Morgan fingerprint density at radius 3 is 2.61 bits per heavy atom. The predicted molar refractivity (Wildman–Crippen MR) is 68.6 cm³/mol. The molecule has 2 aliphatic carbocycles. The average Bonchev–Trinajstić information content (AvgIpc) is 3.03. The molecule has 4 nitrogen and oxygen atoms in total. The van der Waals surface area contributed by atoms with E-state index in [2.05, 4.69) is 0 Å². The van der Waals surface area contributed by atoms with Crippen molar-refractivity contribution in [1.82, 2.24) is 4.57 Å². The third kappa shape index (κ3) is 1.45. The van der Waals surface area contributed by atoms with Gasteiger partial charge in [0.05, 0.1) is 18.9 Å². The van der Waals surface area contributed by atoms with Crippen molar-refractivity contribution < 1.29 is 4.74 Å². The van der Waals surface area contributed by atoms with Gasteiger partial charge in [-0.25, -0.2) is 0 Å². The van der Waals surface area contributed by atoms with Crippen molar-refractivity contribution in [2.75, 3.05) is 18.9 Å². The minimum atomic E-state index is -0.0144. The number of pyridine rings is 1. The Bertz CT molecular complexity index is 547. The van der Waals surface area contributed by atoms with Gasteiger partial charge in [-0.1, -0.05) is 0 Å². The van der Waals surface area contributed by atoms with Crippen molar-refractivity contribution in [3.8, 4) is 0 Å². The maximum atomic E-state index is 12.1. The molecule has 0 aromatic carbocycles. The Morgan fingerprint density at radius 1 is 1.33 bits per heavy atom. The van der Waals surface area contributed by atoms with E-state index in [9.17, 15) is 4.79 Å². The molecule has 1 aromatic rings. The Labute approximate surface area is 106 Å². The Morgan fingerprint density at radius 2 is 2.06 bits per heavy atom. The van der Waals surface area contributed by atoms with Crippen LogP contribution in [0.15, 0.2) is 17.1 Å². The first-order valence-corrected chi connectivity index (χ1v) is 6.76. The summed E-state index contributed by atoms with van der Waals surface area (Å²) in [6.45, 7) is 1.74. The number of nitrogens with two attached hydrogens (primary N) is 1. The van der Waals surface area contributed by atoms with Gasteiger partial charge in [-0.3, -0.25) is 4.79 Å². The lowest BCUT2D eigenvalue weighted by Crippen LogP contribution is -2.53. The van der Waals surface area contributed by atoms with Gasteiger partial charge >= 0.3 is 0 Å². The predicted octanol–water partition coefficient (Wildman–Crippen LogP) is 1.66. The summed E-state index contributed by atoms with van der Waals surface area (Å²) in [7, 11) is 0. The number of aromatic nitrogens is 1. The van der Waals surface area contributed by atoms with Crippen LogP contribution in [0, 0.1) is 5.41 Å². The summed E-state index contributed by atoms with van der Waals surface area (Å²) in [4.78, 5) is 12.1. The van der Waals surface area contributed by atoms with Gasteiger partial charge < -0.3 is 15.0 Å². The van der Waals surface area contributed by atoms with Crippen molar-refractivity contribution in [3.63, 3.8) is 0 Å². The summed E-state index contributed by atoms with van der Waals surface area (Å²) < 4.78 is 7.16. The summed E-state index contributed by atoms with van der Waals surface area (Å²) in [5.41, 5.74) is 7.88. The monoisotopic (exact) mass is 246 g/mol. The van der Waals surface area contributed by atoms with Gasteiger partial charge in [0.2, 0.25) is 0 Å². The molecule has 0 unspecified atom stereocenters. The molecule has 2 saturated carbocycles. The number of rotatable bonds is 2. The fourth-order valence-corrected chi connectivity index (χ4v) is 3.32. The van der Waals surface area contributed by atoms with Crippen LogP contribution in [-0.4, -0.2) is 17.8 Å². The molecule has 1 spiro atoms.